The Bertz CT molecular complexity index is 184. The molecule has 0 heterocycles. The van der Waals surface area contributed by atoms with Crippen LogP contribution in [0.15, 0.2) is 0 Å². The molecule has 0 aromatic carbocycles. The first-order valence-corrected chi connectivity index (χ1v) is 6.72. The zero-order valence-corrected chi connectivity index (χ0v) is 11.4. The molecular formula is C13H26O5. The first-order valence-electron chi connectivity index (χ1n) is 6.72. The SMILES string of the molecule is CCCOCCCOCCCOCCCC(=O)O. The average molecular weight is 262 g/mol. The van der Waals surface area contributed by atoms with Crippen LogP contribution >= 0.6 is 0 Å². The fourth-order valence-electron chi connectivity index (χ4n) is 1.30. The summed E-state index contributed by atoms with van der Waals surface area (Å²) in [6.07, 6.45) is 3.58. The lowest BCUT2D eigenvalue weighted by Gasteiger charge is -2.05. The molecule has 0 aliphatic heterocycles. The molecule has 5 heteroatoms. The molecule has 0 amide bonds. The van der Waals surface area contributed by atoms with Gasteiger partial charge in [0.1, 0.15) is 0 Å². The lowest BCUT2D eigenvalue weighted by Crippen LogP contribution is -2.06. The highest BCUT2D eigenvalue weighted by atomic mass is 16.5. The molecule has 108 valence electrons. The first kappa shape index (κ1) is 17.4. The second kappa shape index (κ2) is 14.4. The smallest absolute Gasteiger partial charge is 0.303 e. The van der Waals surface area contributed by atoms with Crippen LogP contribution < -0.4 is 0 Å². The van der Waals surface area contributed by atoms with E-state index in [1.54, 1.807) is 0 Å². The Morgan fingerprint density at radius 1 is 0.833 bits per heavy atom. The van der Waals surface area contributed by atoms with Crippen molar-refractivity contribution in [2.75, 3.05) is 39.6 Å². The molecule has 0 saturated carbocycles. The van der Waals surface area contributed by atoms with Crippen LogP contribution in [0.1, 0.15) is 39.0 Å². The van der Waals surface area contributed by atoms with E-state index in [-0.39, 0.29) is 6.42 Å². The normalized spacial score (nSPS) is 10.7. The Hall–Kier alpha value is -0.650. The quantitative estimate of drug-likeness (QED) is 0.486. The van der Waals surface area contributed by atoms with Crippen molar-refractivity contribution in [1.82, 2.24) is 0 Å². The highest BCUT2D eigenvalue weighted by Crippen LogP contribution is 1.93. The molecule has 18 heavy (non-hydrogen) atoms. The third-order valence-corrected chi connectivity index (χ3v) is 2.18. The van der Waals surface area contributed by atoms with E-state index >= 15 is 0 Å². The summed E-state index contributed by atoms with van der Waals surface area (Å²) in [6.45, 7) is 6.23. The molecule has 5 nitrogen and oxygen atoms in total. The van der Waals surface area contributed by atoms with Crippen molar-refractivity contribution in [3.8, 4) is 0 Å². The van der Waals surface area contributed by atoms with Crippen LogP contribution in [-0.2, 0) is 19.0 Å². The summed E-state index contributed by atoms with van der Waals surface area (Å²) in [5, 5.41) is 8.40. The maximum absolute atomic E-state index is 10.2. The maximum Gasteiger partial charge on any atom is 0.303 e. The van der Waals surface area contributed by atoms with E-state index < -0.39 is 5.97 Å². The average Bonchev–Trinajstić information content (AvgIpc) is 2.34. The fraction of sp³-hybridized carbons (Fsp3) is 0.923. The van der Waals surface area contributed by atoms with E-state index in [0.29, 0.717) is 26.2 Å². The van der Waals surface area contributed by atoms with Gasteiger partial charge in [0, 0.05) is 46.1 Å². The molecule has 0 spiro atoms. The van der Waals surface area contributed by atoms with E-state index in [1.807, 2.05) is 0 Å². The monoisotopic (exact) mass is 262 g/mol. The van der Waals surface area contributed by atoms with Crippen molar-refractivity contribution >= 4 is 5.97 Å². The lowest BCUT2D eigenvalue weighted by molar-refractivity contribution is -0.137. The molecule has 1 N–H and O–H groups in total. The van der Waals surface area contributed by atoms with Crippen LogP contribution in [0.2, 0.25) is 0 Å². The van der Waals surface area contributed by atoms with Gasteiger partial charge in [-0.3, -0.25) is 4.79 Å². The summed E-state index contributed by atoms with van der Waals surface area (Å²) >= 11 is 0. The van der Waals surface area contributed by atoms with Crippen molar-refractivity contribution in [3.05, 3.63) is 0 Å². The summed E-state index contributed by atoms with van der Waals surface area (Å²) in [5.41, 5.74) is 0. The number of aliphatic carboxylic acids is 1. The molecule has 0 fully saturated rings. The number of carboxylic acids is 1. The minimum Gasteiger partial charge on any atom is -0.481 e. The molecule has 0 aliphatic carbocycles. The van der Waals surface area contributed by atoms with E-state index in [2.05, 4.69) is 6.92 Å². The molecule has 0 unspecified atom stereocenters. The fourth-order valence-corrected chi connectivity index (χ4v) is 1.30. The van der Waals surface area contributed by atoms with E-state index in [4.69, 9.17) is 19.3 Å². The van der Waals surface area contributed by atoms with Gasteiger partial charge in [0.15, 0.2) is 0 Å². The Morgan fingerprint density at radius 2 is 1.28 bits per heavy atom. The molecular weight excluding hydrogens is 236 g/mol. The van der Waals surface area contributed by atoms with Gasteiger partial charge in [0.05, 0.1) is 0 Å². The largest absolute Gasteiger partial charge is 0.481 e. The van der Waals surface area contributed by atoms with Gasteiger partial charge in [-0.15, -0.1) is 0 Å². The van der Waals surface area contributed by atoms with Crippen molar-refractivity contribution in [3.63, 3.8) is 0 Å². The summed E-state index contributed by atoms with van der Waals surface area (Å²) in [6, 6.07) is 0. The van der Waals surface area contributed by atoms with E-state index in [9.17, 15) is 4.79 Å². The molecule has 0 aliphatic rings. The Kier molecular flexibility index (Phi) is 13.9. The standard InChI is InChI=1S/C13H26O5/c1-2-7-16-9-4-11-18-12-5-10-17-8-3-6-13(14)15/h2-12H2,1H3,(H,14,15). The molecule has 0 radical (unpaired) electrons. The van der Waals surface area contributed by atoms with Gasteiger partial charge >= 0.3 is 5.97 Å². The van der Waals surface area contributed by atoms with Gasteiger partial charge in [-0.2, -0.15) is 0 Å². The second-order valence-corrected chi connectivity index (χ2v) is 4.04. The summed E-state index contributed by atoms with van der Waals surface area (Å²) in [7, 11) is 0. The number of ether oxygens (including phenoxy) is 3. The predicted octanol–water partition coefficient (Wildman–Crippen LogP) is 2.09. The highest BCUT2D eigenvalue weighted by molar-refractivity contribution is 5.66. The van der Waals surface area contributed by atoms with Crippen LogP contribution in [0.5, 0.6) is 0 Å². The Balaban J connectivity index is 2.92. The van der Waals surface area contributed by atoms with Crippen molar-refractivity contribution < 1.29 is 24.1 Å². The van der Waals surface area contributed by atoms with Gasteiger partial charge in [-0.25, -0.2) is 0 Å². The number of hydrogen-bond donors (Lipinski definition) is 1. The van der Waals surface area contributed by atoms with Gasteiger partial charge in [0.2, 0.25) is 0 Å². The minimum absolute atomic E-state index is 0.175. The Labute approximate surface area is 109 Å². The summed E-state index contributed by atoms with van der Waals surface area (Å²) in [4.78, 5) is 10.2. The molecule has 0 aromatic heterocycles. The van der Waals surface area contributed by atoms with E-state index in [0.717, 1.165) is 39.1 Å². The van der Waals surface area contributed by atoms with Crippen molar-refractivity contribution in [2.24, 2.45) is 0 Å². The molecule has 0 atom stereocenters. The number of rotatable bonds is 14. The van der Waals surface area contributed by atoms with Crippen LogP contribution in [-0.4, -0.2) is 50.7 Å². The Morgan fingerprint density at radius 3 is 1.72 bits per heavy atom. The zero-order chi connectivity index (χ0) is 13.5. The van der Waals surface area contributed by atoms with Crippen LogP contribution in [0.25, 0.3) is 0 Å². The van der Waals surface area contributed by atoms with Gasteiger partial charge in [0.25, 0.3) is 0 Å². The lowest BCUT2D eigenvalue weighted by atomic mass is 10.3. The third kappa shape index (κ3) is 15.4. The van der Waals surface area contributed by atoms with E-state index in [1.165, 1.54) is 0 Å². The van der Waals surface area contributed by atoms with Crippen LogP contribution in [0.3, 0.4) is 0 Å². The van der Waals surface area contributed by atoms with Crippen LogP contribution in [0.4, 0.5) is 0 Å². The molecule has 0 bridgehead atoms. The summed E-state index contributed by atoms with van der Waals surface area (Å²) in [5.74, 6) is -0.771. The maximum atomic E-state index is 10.2. The number of carboxylic acid groups (broad SMARTS) is 1. The van der Waals surface area contributed by atoms with Crippen molar-refractivity contribution in [1.29, 1.82) is 0 Å². The molecule has 0 aromatic rings. The van der Waals surface area contributed by atoms with Crippen LogP contribution in [0, 0.1) is 0 Å². The second-order valence-electron chi connectivity index (χ2n) is 4.04. The molecule has 0 rings (SSSR count). The first-order chi connectivity index (χ1) is 8.77. The highest BCUT2D eigenvalue weighted by Gasteiger charge is 1.96. The number of hydrogen-bond acceptors (Lipinski definition) is 4. The van der Waals surface area contributed by atoms with Gasteiger partial charge in [-0.05, 0) is 25.7 Å². The topological polar surface area (TPSA) is 65.0 Å². The third-order valence-electron chi connectivity index (χ3n) is 2.18. The van der Waals surface area contributed by atoms with Gasteiger partial charge < -0.3 is 19.3 Å². The van der Waals surface area contributed by atoms with Crippen molar-refractivity contribution in [2.45, 2.75) is 39.0 Å². The predicted molar refractivity (Wildman–Crippen MR) is 68.9 cm³/mol. The summed E-state index contributed by atoms with van der Waals surface area (Å²) < 4.78 is 16.0. The molecule has 0 saturated heterocycles. The number of carbonyl (C=O) groups is 1. The minimum atomic E-state index is -0.771. The van der Waals surface area contributed by atoms with Gasteiger partial charge in [-0.1, -0.05) is 6.92 Å². The zero-order valence-electron chi connectivity index (χ0n) is 11.4.